The quantitative estimate of drug-likeness (QED) is 0.723. The van der Waals surface area contributed by atoms with Gasteiger partial charge in [0, 0.05) is 18.1 Å². The third-order valence-corrected chi connectivity index (χ3v) is 3.70. The average Bonchev–Trinajstić information content (AvgIpc) is 2.30. The van der Waals surface area contributed by atoms with E-state index in [0.717, 1.165) is 19.1 Å². The molecule has 0 aliphatic carbocycles. The smallest absolute Gasteiger partial charge is 0.0173 e. The highest BCUT2D eigenvalue weighted by molar-refractivity contribution is 6.25. The molecule has 1 rings (SSSR count). The van der Waals surface area contributed by atoms with Crippen LogP contribution in [0.5, 0.6) is 0 Å². The molecule has 1 aliphatic heterocycles. The number of nitrogens with zero attached hydrogens (tertiary/aromatic N) is 1. The summed E-state index contributed by atoms with van der Waals surface area (Å²) in [6, 6.07) is 0.790. The van der Waals surface area contributed by atoms with Gasteiger partial charge in [-0.25, -0.2) is 0 Å². The molecular weight excluding hydrogens is 220 g/mol. The number of hydrogen-bond acceptors (Lipinski definition) is 2. The molecular formula is C13H25ClN2. The first-order chi connectivity index (χ1) is 7.74. The summed E-state index contributed by atoms with van der Waals surface area (Å²) in [5.41, 5.74) is 2.85. The van der Waals surface area contributed by atoms with E-state index < -0.39 is 0 Å². The number of nitrogens with one attached hydrogen (secondary N) is 1. The van der Waals surface area contributed by atoms with Crippen LogP contribution < -0.4 is 5.32 Å². The lowest BCUT2D eigenvalue weighted by Crippen LogP contribution is -2.38. The van der Waals surface area contributed by atoms with Crippen molar-refractivity contribution < 1.29 is 0 Å². The van der Waals surface area contributed by atoms with E-state index in [-0.39, 0.29) is 0 Å². The first-order valence-corrected chi connectivity index (χ1v) is 6.88. The van der Waals surface area contributed by atoms with Gasteiger partial charge in [0.25, 0.3) is 0 Å². The average molecular weight is 245 g/mol. The van der Waals surface area contributed by atoms with Gasteiger partial charge in [0.1, 0.15) is 0 Å². The summed E-state index contributed by atoms with van der Waals surface area (Å²) in [6.45, 7) is 8.93. The van der Waals surface area contributed by atoms with Gasteiger partial charge < -0.3 is 10.2 Å². The Balaban J connectivity index is 2.02. The van der Waals surface area contributed by atoms with Crippen LogP contribution in [0, 0.1) is 0 Å². The summed E-state index contributed by atoms with van der Waals surface area (Å²) in [6.07, 6.45) is 5.41. The van der Waals surface area contributed by atoms with Gasteiger partial charge in [0.15, 0.2) is 0 Å². The van der Waals surface area contributed by atoms with Gasteiger partial charge in [-0.2, -0.15) is 0 Å². The van der Waals surface area contributed by atoms with Crippen LogP contribution in [0.3, 0.4) is 0 Å². The fourth-order valence-electron chi connectivity index (χ4n) is 2.22. The summed E-state index contributed by atoms with van der Waals surface area (Å²) in [4.78, 5) is 2.62. The van der Waals surface area contributed by atoms with Crippen molar-refractivity contribution in [3.8, 4) is 0 Å². The molecule has 1 heterocycles. The van der Waals surface area contributed by atoms with E-state index in [0.29, 0.717) is 0 Å². The summed E-state index contributed by atoms with van der Waals surface area (Å²) in [5, 5.41) is 3.41. The van der Waals surface area contributed by atoms with Crippen molar-refractivity contribution in [2.75, 3.05) is 26.2 Å². The predicted octanol–water partition coefficient (Wildman–Crippen LogP) is 2.98. The second kappa shape index (κ2) is 8.10. The first-order valence-electron chi connectivity index (χ1n) is 6.44. The second-order valence-corrected chi connectivity index (χ2v) is 5.08. The molecule has 1 unspecified atom stereocenters. The molecule has 1 N–H and O–H groups in total. The van der Waals surface area contributed by atoms with E-state index >= 15 is 0 Å². The molecule has 0 radical (unpaired) electrons. The van der Waals surface area contributed by atoms with Crippen LogP contribution in [0.25, 0.3) is 0 Å². The Bertz CT molecular complexity index is 216. The molecule has 1 fully saturated rings. The molecule has 1 saturated heterocycles. The maximum atomic E-state index is 5.60. The third-order valence-electron chi connectivity index (χ3n) is 3.33. The van der Waals surface area contributed by atoms with E-state index in [2.05, 4.69) is 17.1 Å². The van der Waals surface area contributed by atoms with E-state index in [1.54, 1.807) is 5.54 Å². The Morgan fingerprint density at radius 3 is 3.00 bits per heavy atom. The lowest BCUT2D eigenvalue weighted by Gasteiger charge is -2.33. The van der Waals surface area contributed by atoms with Gasteiger partial charge in [0.2, 0.25) is 0 Å². The van der Waals surface area contributed by atoms with Crippen LogP contribution in [-0.4, -0.2) is 37.1 Å². The molecule has 0 aromatic rings. The van der Waals surface area contributed by atoms with Gasteiger partial charge in [0.05, 0.1) is 0 Å². The van der Waals surface area contributed by atoms with Crippen LogP contribution >= 0.6 is 11.6 Å². The Labute approximate surface area is 105 Å². The highest BCUT2D eigenvalue weighted by Crippen LogP contribution is 2.15. The Kier molecular flexibility index (Phi) is 7.10. The second-order valence-electron chi connectivity index (χ2n) is 4.87. The largest absolute Gasteiger partial charge is 0.313 e. The summed E-state index contributed by atoms with van der Waals surface area (Å²) in [7, 11) is 0. The number of rotatable bonds is 6. The highest BCUT2D eigenvalue weighted by atomic mass is 35.5. The minimum Gasteiger partial charge on any atom is -0.313 e. The Morgan fingerprint density at radius 1 is 1.50 bits per heavy atom. The maximum Gasteiger partial charge on any atom is 0.0173 e. The molecule has 0 saturated carbocycles. The molecule has 94 valence electrons. The van der Waals surface area contributed by atoms with Gasteiger partial charge in [-0.1, -0.05) is 18.0 Å². The molecule has 0 aromatic carbocycles. The van der Waals surface area contributed by atoms with Crippen molar-refractivity contribution in [2.24, 2.45) is 0 Å². The number of hydrogen-bond donors (Lipinski definition) is 1. The molecule has 0 bridgehead atoms. The molecule has 0 aromatic heterocycles. The van der Waals surface area contributed by atoms with Crippen LogP contribution in [0.15, 0.2) is 11.1 Å². The molecule has 16 heavy (non-hydrogen) atoms. The molecule has 1 atom stereocenters. The number of halogens is 1. The van der Waals surface area contributed by atoms with Crippen LogP contribution in [-0.2, 0) is 0 Å². The maximum absolute atomic E-state index is 5.60. The van der Waals surface area contributed by atoms with Crippen molar-refractivity contribution in [1.29, 1.82) is 0 Å². The molecule has 1 aliphatic rings. The van der Waals surface area contributed by atoms with E-state index in [4.69, 9.17) is 11.6 Å². The summed E-state index contributed by atoms with van der Waals surface area (Å²) in [5.74, 6) is 0. The van der Waals surface area contributed by atoms with Crippen LogP contribution in [0.4, 0.5) is 0 Å². The minimum absolute atomic E-state index is 0.790. The van der Waals surface area contributed by atoms with Gasteiger partial charge in [-0.3, -0.25) is 0 Å². The SMILES string of the molecule is CC(=CCl)CNCCCN1CCCCC1C. The summed E-state index contributed by atoms with van der Waals surface area (Å²) >= 11 is 5.60. The van der Waals surface area contributed by atoms with Gasteiger partial charge in [-0.15, -0.1) is 0 Å². The van der Waals surface area contributed by atoms with Crippen LogP contribution in [0.2, 0.25) is 0 Å². The van der Waals surface area contributed by atoms with Crippen molar-refractivity contribution in [1.82, 2.24) is 10.2 Å². The lowest BCUT2D eigenvalue weighted by molar-refractivity contribution is 0.159. The van der Waals surface area contributed by atoms with Crippen molar-refractivity contribution in [3.63, 3.8) is 0 Å². The van der Waals surface area contributed by atoms with Crippen molar-refractivity contribution in [3.05, 3.63) is 11.1 Å². The van der Waals surface area contributed by atoms with Crippen molar-refractivity contribution in [2.45, 2.75) is 45.6 Å². The minimum atomic E-state index is 0.790. The summed E-state index contributed by atoms with van der Waals surface area (Å²) < 4.78 is 0. The van der Waals surface area contributed by atoms with E-state index in [9.17, 15) is 0 Å². The fraction of sp³-hybridized carbons (Fsp3) is 0.846. The predicted molar refractivity (Wildman–Crippen MR) is 72.0 cm³/mol. The zero-order valence-corrected chi connectivity index (χ0v) is 11.4. The topological polar surface area (TPSA) is 15.3 Å². The zero-order valence-electron chi connectivity index (χ0n) is 10.6. The number of piperidine rings is 1. The lowest BCUT2D eigenvalue weighted by atomic mass is 10.0. The molecule has 3 heteroatoms. The third kappa shape index (κ3) is 5.33. The van der Waals surface area contributed by atoms with Crippen molar-refractivity contribution >= 4 is 11.6 Å². The Morgan fingerprint density at radius 2 is 2.31 bits per heavy atom. The number of likely N-dealkylation sites (tertiary alicyclic amines) is 1. The standard InChI is InChI=1S/C13H25ClN2/c1-12(10-14)11-15-7-5-9-16-8-4-3-6-13(16)2/h10,13,15H,3-9,11H2,1-2H3. The van der Waals surface area contributed by atoms with E-state index in [1.807, 2.05) is 6.92 Å². The normalized spacial score (nSPS) is 23.7. The zero-order chi connectivity index (χ0) is 11.8. The highest BCUT2D eigenvalue weighted by Gasteiger charge is 2.16. The monoisotopic (exact) mass is 244 g/mol. The van der Waals surface area contributed by atoms with Crippen LogP contribution in [0.1, 0.15) is 39.5 Å². The van der Waals surface area contributed by atoms with E-state index in [1.165, 1.54) is 44.3 Å². The molecule has 2 nitrogen and oxygen atoms in total. The first kappa shape index (κ1) is 14.0. The fourth-order valence-corrected chi connectivity index (χ4v) is 2.30. The molecule has 0 spiro atoms. The van der Waals surface area contributed by atoms with Gasteiger partial charge in [-0.05, 0) is 58.3 Å². The van der Waals surface area contributed by atoms with Gasteiger partial charge >= 0.3 is 0 Å². The molecule has 0 amide bonds. The Hall–Kier alpha value is -0.0500.